The van der Waals surface area contributed by atoms with Gasteiger partial charge in [-0.3, -0.25) is 4.79 Å². The lowest BCUT2D eigenvalue weighted by Crippen LogP contribution is -2.36. The van der Waals surface area contributed by atoms with Crippen molar-refractivity contribution >= 4 is 36.4 Å². The summed E-state index contributed by atoms with van der Waals surface area (Å²) in [6, 6.07) is 8.49. The third kappa shape index (κ3) is 7.26. The molecule has 24 heavy (non-hydrogen) atoms. The molecule has 0 bridgehead atoms. The van der Waals surface area contributed by atoms with E-state index >= 15 is 0 Å². The molecule has 138 valence electrons. The summed E-state index contributed by atoms with van der Waals surface area (Å²) >= 11 is 0. The lowest BCUT2D eigenvalue weighted by molar-refractivity contribution is -0.120. The molecular weight excluding hydrogens is 349 g/mol. The van der Waals surface area contributed by atoms with E-state index in [2.05, 4.69) is 39.8 Å². The second-order valence-corrected chi connectivity index (χ2v) is 5.75. The standard InChI is InChI=1S/C17H27N3O2.2ClH/c1-14(19-17(21)13-18-8-11-22-2)15-6-5-7-16(12-15)20-9-3-4-10-20;;/h5-7,12,14,18H,3-4,8-11,13H2,1-2H3,(H,19,21);2*1H. The van der Waals surface area contributed by atoms with Crippen molar-refractivity contribution in [2.75, 3.05) is 44.8 Å². The van der Waals surface area contributed by atoms with Gasteiger partial charge in [0.05, 0.1) is 19.2 Å². The van der Waals surface area contributed by atoms with Crippen molar-refractivity contribution < 1.29 is 9.53 Å². The molecule has 2 N–H and O–H groups in total. The number of ether oxygens (including phenoxy) is 1. The first-order valence-corrected chi connectivity index (χ1v) is 8.04. The van der Waals surface area contributed by atoms with E-state index < -0.39 is 0 Å². The zero-order valence-electron chi connectivity index (χ0n) is 14.4. The maximum atomic E-state index is 11.9. The highest BCUT2D eigenvalue weighted by Crippen LogP contribution is 2.23. The van der Waals surface area contributed by atoms with E-state index in [9.17, 15) is 4.79 Å². The number of nitrogens with zero attached hydrogens (tertiary/aromatic N) is 1. The molecular formula is C17H29Cl2N3O2. The quantitative estimate of drug-likeness (QED) is 0.683. The first-order chi connectivity index (χ1) is 10.7. The Hall–Kier alpha value is -1.01. The van der Waals surface area contributed by atoms with E-state index in [-0.39, 0.29) is 36.8 Å². The Bertz CT molecular complexity index is 483. The molecule has 1 aliphatic heterocycles. The van der Waals surface area contributed by atoms with Crippen LogP contribution >= 0.6 is 24.8 Å². The highest BCUT2D eigenvalue weighted by atomic mass is 35.5. The molecule has 0 spiro atoms. The molecule has 1 saturated heterocycles. The van der Waals surface area contributed by atoms with E-state index in [0.717, 1.165) is 18.7 Å². The SMILES string of the molecule is COCCNCC(=O)NC(C)c1cccc(N2CCCC2)c1.Cl.Cl. The van der Waals surface area contributed by atoms with Gasteiger partial charge in [-0.25, -0.2) is 0 Å². The number of hydrogen-bond donors (Lipinski definition) is 2. The largest absolute Gasteiger partial charge is 0.383 e. The Morgan fingerprint density at radius 2 is 2.00 bits per heavy atom. The van der Waals surface area contributed by atoms with Gasteiger partial charge >= 0.3 is 0 Å². The Morgan fingerprint density at radius 1 is 1.29 bits per heavy atom. The van der Waals surface area contributed by atoms with Gasteiger partial charge in [0.25, 0.3) is 0 Å². The highest BCUT2D eigenvalue weighted by molar-refractivity contribution is 5.85. The lowest BCUT2D eigenvalue weighted by atomic mass is 10.1. The summed E-state index contributed by atoms with van der Waals surface area (Å²) in [6.07, 6.45) is 2.54. The Balaban J connectivity index is 0.00000264. The van der Waals surface area contributed by atoms with Gasteiger partial charge in [-0.15, -0.1) is 24.8 Å². The number of rotatable bonds is 8. The fourth-order valence-corrected chi connectivity index (χ4v) is 2.72. The average molecular weight is 378 g/mol. The summed E-state index contributed by atoms with van der Waals surface area (Å²) in [7, 11) is 1.65. The maximum absolute atomic E-state index is 11.9. The van der Waals surface area contributed by atoms with Crippen LogP contribution in [0.5, 0.6) is 0 Å². The van der Waals surface area contributed by atoms with Gasteiger partial charge in [-0.2, -0.15) is 0 Å². The van der Waals surface area contributed by atoms with Gasteiger partial charge < -0.3 is 20.3 Å². The molecule has 0 aromatic heterocycles. The highest BCUT2D eigenvalue weighted by Gasteiger charge is 2.14. The average Bonchev–Trinajstić information content (AvgIpc) is 3.06. The van der Waals surface area contributed by atoms with Crippen LogP contribution in [-0.4, -0.2) is 45.8 Å². The molecule has 1 aliphatic rings. The second kappa shape index (κ2) is 12.4. The summed E-state index contributed by atoms with van der Waals surface area (Å²) in [6.45, 7) is 5.90. The number of carbonyl (C=O) groups is 1. The summed E-state index contributed by atoms with van der Waals surface area (Å²) in [4.78, 5) is 14.3. The fraction of sp³-hybridized carbons (Fsp3) is 0.588. The predicted octanol–water partition coefficient (Wildman–Crippen LogP) is 2.54. The van der Waals surface area contributed by atoms with Crippen molar-refractivity contribution in [2.24, 2.45) is 0 Å². The number of benzene rings is 1. The van der Waals surface area contributed by atoms with Gasteiger partial charge in [0, 0.05) is 32.4 Å². The number of amides is 1. The summed E-state index contributed by atoms with van der Waals surface area (Å²) < 4.78 is 4.94. The van der Waals surface area contributed by atoms with Crippen LogP contribution in [0, 0.1) is 0 Å². The third-order valence-corrected chi connectivity index (χ3v) is 3.99. The first kappa shape index (κ1) is 23.0. The van der Waals surface area contributed by atoms with Crippen molar-refractivity contribution in [1.29, 1.82) is 0 Å². The molecule has 1 aromatic rings. The predicted molar refractivity (Wildman–Crippen MR) is 104 cm³/mol. The molecule has 1 unspecified atom stereocenters. The molecule has 1 amide bonds. The summed E-state index contributed by atoms with van der Waals surface area (Å²) in [5, 5.41) is 6.08. The number of carbonyl (C=O) groups excluding carboxylic acids is 1. The Morgan fingerprint density at radius 3 is 2.67 bits per heavy atom. The van der Waals surface area contributed by atoms with Gasteiger partial charge in [-0.05, 0) is 37.5 Å². The van der Waals surface area contributed by atoms with Crippen LogP contribution < -0.4 is 15.5 Å². The van der Waals surface area contributed by atoms with Crippen molar-refractivity contribution in [3.8, 4) is 0 Å². The number of methoxy groups -OCH3 is 1. The lowest BCUT2D eigenvalue weighted by Gasteiger charge is -2.20. The molecule has 1 aromatic carbocycles. The van der Waals surface area contributed by atoms with Crippen LogP contribution in [0.4, 0.5) is 5.69 Å². The minimum atomic E-state index is 0. The number of nitrogens with one attached hydrogen (secondary N) is 2. The summed E-state index contributed by atoms with van der Waals surface area (Å²) in [5.41, 5.74) is 2.41. The van der Waals surface area contributed by atoms with Crippen LogP contribution in [0.1, 0.15) is 31.4 Å². The number of halogens is 2. The van der Waals surface area contributed by atoms with E-state index in [1.807, 2.05) is 6.92 Å². The smallest absolute Gasteiger partial charge is 0.234 e. The first-order valence-electron chi connectivity index (χ1n) is 8.04. The zero-order chi connectivity index (χ0) is 15.8. The van der Waals surface area contributed by atoms with E-state index in [1.165, 1.54) is 18.5 Å². The molecule has 7 heteroatoms. The van der Waals surface area contributed by atoms with Gasteiger partial charge in [-0.1, -0.05) is 12.1 Å². The van der Waals surface area contributed by atoms with Crippen LogP contribution in [0.3, 0.4) is 0 Å². The molecule has 1 heterocycles. The third-order valence-electron chi connectivity index (χ3n) is 3.99. The van der Waals surface area contributed by atoms with E-state index in [1.54, 1.807) is 7.11 Å². The molecule has 5 nitrogen and oxygen atoms in total. The molecule has 1 fully saturated rings. The number of anilines is 1. The Labute approximate surface area is 157 Å². The van der Waals surface area contributed by atoms with E-state index in [0.29, 0.717) is 19.7 Å². The van der Waals surface area contributed by atoms with Gasteiger partial charge in [0.15, 0.2) is 0 Å². The molecule has 0 saturated carbocycles. The van der Waals surface area contributed by atoms with Crippen LogP contribution in [-0.2, 0) is 9.53 Å². The van der Waals surface area contributed by atoms with Crippen LogP contribution in [0.15, 0.2) is 24.3 Å². The Kier molecular flexibility index (Phi) is 11.8. The van der Waals surface area contributed by atoms with Crippen molar-refractivity contribution in [1.82, 2.24) is 10.6 Å². The zero-order valence-corrected chi connectivity index (χ0v) is 16.0. The number of hydrogen-bond acceptors (Lipinski definition) is 4. The topological polar surface area (TPSA) is 53.6 Å². The maximum Gasteiger partial charge on any atom is 0.234 e. The van der Waals surface area contributed by atoms with Gasteiger partial charge in [0.1, 0.15) is 0 Å². The molecule has 0 aliphatic carbocycles. The minimum absolute atomic E-state index is 0. The van der Waals surface area contributed by atoms with Gasteiger partial charge in [0.2, 0.25) is 5.91 Å². The van der Waals surface area contributed by atoms with E-state index in [4.69, 9.17) is 4.74 Å². The fourth-order valence-electron chi connectivity index (χ4n) is 2.72. The molecule has 1 atom stereocenters. The monoisotopic (exact) mass is 377 g/mol. The normalized spacial score (nSPS) is 14.5. The summed E-state index contributed by atoms with van der Waals surface area (Å²) in [5.74, 6) is 0.00942. The van der Waals surface area contributed by atoms with Crippen molar-refractivity contribution in [2.45, 2.75) is 25.8 Å². The van der Waals surface area contributed by atoms with Crippen LogP contribution in [0.25, 0.3) is 0 Å². The van der Waals surface area contributed by atoms with Crippen molar-refractivity contribution in [3.05, 3.63) is 29.8 Å². The van der Waals surface area contributed by atoms with Crippen molar-refractivity contribution in [3.63, 3.8) is 0 Å². The molecule has 0 radical (unpaired) electrons. The molecule has 2 rings (SSSR count). The van der Waals surface area contributed by atoms with Crippen LogP contribution in [0.2, 0.25) is 0 Å². The minimum Gasteiger partial charge on any atom is -0.383 e. The second-order valence-electron chi connectivity index (χ2n) is 5.75.